The third-order valence-electron chi connectivity index (χ3n) is 6.53. The fourth-order valence-corrected chi connectivity index (χ4v) is 5.06. The normalized spacial score (nSPS) is 13.2. The molecule has 1 aliphatic heterocycles. The van der Waals surface area contributed by atoms with E-state index in [2.05, 4.69) is 53.5 Å². The number of thioether (sulfide) groups is 1. The van der Waals surface area contributed by atoms with Crippen LogP contribution in [0.15, 0.2) is 78.9 Å². The van der Waals surface area contributed by atoms with E-state index in [-0.39, 0.29) is 11.7 Å². The Kier molecular flexibility index (Phi) is 9.37. The number of fused-ring (bicyclic) bond motifs is 1. The first kappa shape index (κ1) is 27.2. The van der Waals surface area contributed by atoms with Crippen LogP contribution < -0.4 is 4.90 Å². The van der Waals surface area contributed by atoms with E-state index in [4.69, 9.17) is 0 Å². The molecule has 5 rings (SSSR count). The largest absolute Gasteiger partial charge is 0.406 e. The van der Waals surface area contributed by atoms with Gasteiger partial charge in [-0.1, -0.05) is 85.8 Å². The van der Waals surface area contributed by atoms with Crippen molar-refractivity contribution >= 4 is 40.1 Å². The van der Waals surface area contributed by atoms with Crippen molar-refractivity contribution < 1.29 is 9.72 Å². The number of nitrogens with zero attached hydrogens (tertiary/aromatic N) is 5. The van der Waals surface area contributed by atoms with E-state index in [1.54, 1.807) is 0 Å². The predicted octanol–water partition coefficient (Wildman–Crippen LogP) is 5.25. The number of piperazine rings is 1. The highest BCUT2D eigenvalue weighted by molar-refractivity contribution is 7.99. The van der Waals surface area contributed by atoms with Crippen molar-refractivity contribution in [1.29, 1.82) is 0 Å². The molecule has 38 heavy (non-hydrogen) atoms. The Bertz CT molecular complexity index is 1300. The quantitative estimate of drug-likeness (QED) is 0.239. The third kappa shape index (κ3) is 6.52. The lowest BCUT2D eigenvalue weighted by Crippen LogP contribution is -2.50. The number of anilines is 1. The van der Waals surface area contributed by atoms with Crippen molar-refractivity contribution in [2.45, 2.75) is 19.9 Å². The smallest absolute Gasteiger partial charge is 0.358 e. The molecule has 3 aromatic carbocycles. The number of aryl methyl sites for hydroxylation is 1. The Morgan fingerprint density at radius 2 is 1.47 bits per heavy atom. The summed E-state index contributed by atoms with van der Waals surface area (Å²) in [5.41, 5.74) is 1.07. The standard InChI is InChI=1S/C19H25N5O3S.C10H8/c1-3-16-20-18(24(26)27)19(23(16)13-15-7-5-4-6-8-15)22-11-9-21(10-12-22)17(25)14-28-2;1-2-6-10-8-4-3-7-9(10)5-1/h4-8H,3,9-14H2,1-2H3;1-8H. The number of amides is 1. The van der Waals surface area contributed by atoms with Crippen LogP contribution in [0.2, 0.25) is 0 Å². The van der Waals surface area contributed by atoms with Gasteiger partial charge in [0, 0.05) is 32.6 Å². The van der Waals surface area contributed by atoms with Crippen LogP contribution in [0.3, 0.4) is 0 Å². The molecule has 1 amide bonds. The van der Waals surface area contributed by atoms with Gasteiger partial charge >= 0.3 is 5.82 Å². The Balaban J connectivity index is 0.000000278. The first-order chi connectivity index (χ1) is 18.5. The zero-order valence-corrected chi connectivity index (χ0v) is 22.6. The molecule has 4 aromatic rings. The number of imidazole rings is 1. The molecule has 1 fully saturated rings. The lowest BCUT2D eigenvalue weighted by atomic mass is 10.1. The summed E-state index contributed by atoms with van der Waals surface area (Å²) in [5.74, 6) is 1.73. The Hall–Kier alpha value is -3.85. The van der Waals surface area contributed by atoms with Crippen LogP contribution in [0.5, 0.6) is 0 Å². The van der Waals surface area contributed by atoms with Crippen LogP contribution >= 0.6 is 11.8 Å². The lowest BCUT2D eigenvalue weighted by molar-refractivity contribution is -0.388. The van der Waals surface area contributed by atoms with Crippen molar-refractivity contribution in [1.82, 2.24) is 14.5 Å². The fraction of sp³-hybridized carbons (Fsp3) is 0.310. The van der Waals surface area contributed by atoms with E-state index in [9.17, 15) is 14.9 Å². The zero-order chi connectivity index (χ0) is 26.9. The van der Waals surface area contributed by atoms with Crippen LogP contribution in [-0.4, -0.2) is 63.5 Å². The van der Waals surface area contributed by atoms with Crippen molar-refractivity contribution in [2.75, 3.05) is 43.1 Å². The van der Waals surface area contributed by atoms with Gasteiger partial charge in [0.25, 0.3) is 0 Å². The SMILES string of the molecule is CCc1nc([N+](=O)[O-])c(N2CCN(C(=O)CSC)CC2)n1Cc1ccccc1.c1ccc2ccccc2c1. The minimum Gasteiger partial charge on any atom is -0.358 e. The van der Waals surface area contributed by atoms with Gasteiger partial charge in [-0.3, -0.25) is 9.36 Å². The molecule has 0 unspecified atom stereocenters. The molecule has 0 radical (unpaired) electrons. The van der Waals surface area contributed by atoms with Crippen molar-refractivity contribution in [2.24, 2.45) is 0 Å². The Labute approximate surface area is 227 Å². The molecule has 0 atom stereocenters. The van der Waals surface area contributed by atoms with Gasteiger partial charge in [-0.25, -0.2) is 0 Å². The highest BCUT2D eigenvalue weighted by Crippen LogP contribution is 2.31. The second-order valence-corrected chi connectivity index (χ2v) is 9.87. The first-order valence-electron chi connectivity index (χ1n) is 12.7. The summed E-state index contributed by atoms with van der Waals surface area (Å²) in [6.07, 6.45) is 2.52. The van der Waals surface area contributed by atoms with E-state index in [0.717, 1.165) is 5.56 Å². The highest BCUT2D eigenvalue weighted by Gasteiger charge is 2.33. The second-order valence-electron chi connectivity index (χ2n) is 9.01. The van der Waals surface area contributed by atoms with Gasteiger partial charge in [0.1, 0.15) is 0 Å². The number of benzene rings is 3. The van der Waals surface area contributed by atoms with Crippen LogP contribution in [0.25, 0.3) is 10.8 Å². The topological polar surface area (TPSA) is 84.5 Å². The van der Waals surface area contributed by atoms with Gasteiger partial charge in [-0.2, -0.15) is 11.8 Å². The van der Waals surface area contributed by atoms with Crippen LogP contribution in [0.4, 0.5) is 11.6 Å². The van der Waals surface area contributed by atoms with Crippen LogP contribution in [-0.2, 0) is 17.8 Å². The predicted molar refractivity (Wildman–Crippen MR) is 155 cm³/mol. The summed E-state index contributed by atoms with van der Waals surface area (Å²) in [7, 11) is 0. The number of carbonyl (C=O) groups excluding carboxylic acids is 1. The van der Waals surface area contributed by atoms with Gasteiger partial charge < -0.3 is 19.9 Å². The van der Waals surface area contributed by atoms with E-state index in [1.165, 1.54) is 22.5 Å². The molecule has 9 heteroatoms. The van der Waals surface area contributed by atoms with E-state index < -0.39 is 4.92 Å². The number of aromatic nitrogens is 2. The van der Waals surface area contributed by atoms with E-state index in [0.29, 0.717) is 56.5 Å². The number of carbonyl (C=O) groups is 1. The molecule has 1 aliphatic rings. The van der Waals surface area contributed by atoms with Crippen molar-refractivity contribution in [3.8, 4) is 0 Å². The number of hydrogen-bond acceptors (Lipinski definition) is 6. The molecule has 0 saturated carbocycles. The molecule has 8 nitrogen and oxygen atoms in total. The summed E-state index contributed by atoms with van der Waals surface area (Å²) >= 11 is 1.51. The summed E-state index contributed by atoms with van der Waals surface area (Å²) in [4.78, 5) is 31.6. The van der Waals surface area contributed by atoms with Crippen molar-refractivity contribution in [3.63, 3.8) is 0 Å². The molecular formula is C29H33N5O3S. The first-order valence-corrected chi connectivity index (χ1v) is 14.1. The molecule has 0 spiro atoms. The van der Waals surface area contributed by atoms with Gasteiger partial charge in [0.2, 0.25) is 17.5 Å². The lowest BCUT2D eigenvalue weighted by Gasteiger charge is -2.35. The molecule has 1 aromatic heterocycles. The fourth-order valence-electron chi connectivity index (χ4n) is 4.63. The molecule has 198 valence electrons. The summed E-state index contributed by atoms with van der Waals surface area (Å²) in [6, 6.07) is 26.6. The number of nitro groups is 1. The van der Waals surface area contributed by atoms with Crippen molar-refractivity contribution in [3.05, 3.63) is 100 Å². The van der Waals surface area contributed by atoms with Gasteiger partial charge in [0.05, 0.1) is 12.3 Å². The summed E-state index contributed by atoms with van der Waals surface area (Å²) < 4.78 is 1.95. The summed E-state index contributed by atoms with van der Waals surface area (Å²) in [6.45, 7) is 4.74. The zero-order valence-electron chi connectivity index (χ0n) is 21.8. The maximum Gasteiger partial charge on any atom is 0.406 e. The van der Waals surface area contributed by atoms with Gasteiger partial charge in [-0.05, 0) is 32.5 Å². The molecule has 2 heterocycles. The van der Waals surface area contributed by atoms with Gasteiger partial charge in [-0.15, -0.1) is 0 Å². The van der Waals surface area contributed by atoms with Gasteiger partial charge in [0.15, 0.2) is 0 Å². The maximum atomic E-state index is 12.1. The van der Waals surface area contributed by atoms with E-state index >= 15 is 0 Å². The maximum absolute atomic E-state index is 12.1. The molecule has 0 aliphatic carbocycles. The monoisotopic (exact) mass is 531 g/mol. The highest BCUT2D eigenvalue weighted by atomic mass is 32.2. The number of rotatable bonds is 7. The van der Waals surface area contributed by atoms with E-state index in [1.807, 2.05) is 57.9 Å². The second kappa shape index (κ2) is 13.1. The average molecular weight is 532 g/mol. The molecular weight excluding hydrogens is 498 g/mol. The minimum atomic E-state index is -0.402. The molecule has 0 N–H and O–H groups in total. The minimum absolute atomic E-state index is 0.100. The number of hydrogen-bond donors (Lipinski definition) is 0. The van der Waals surface area contributed by atoms with Crippen LogP contribution in [0, 0.1) is 10.1 Å². The average Bonchev–Trinajstić information content (AvgIpc) is 3.32. The Morgan fingerprint density at radius 3 is 1.97 bits per heavy atom. The van der Waals surface area contributed by atoms with Crippen LogP contribution in [0.1, 0.15) is 18.3 Å². The Morgan fingerprint density at radius 1 is 0.921 bits per heavy atom. The molecule has 0 bridgehead atoms. The summed E-state index contributed by atoms with van der Waals surface area (Å²) in [5, 5.41) is 14.3. The third-order valence-corrected chi connectivity index (χ3v) is 7.07. The molecule has 1 saturated heterocycles.